The fourth-order valence-electron chi connectivity index (χ4n) is 3.42. The van der Waals surface area contributed by atoms with Gasteiger partial charge < -0.3 is 9.84 Å². The summed E-state index contributed by atoms with van der Waals surface area (Å²) < 4.78 is 5.72. The molecule has 0 aliphatic carbocycles. The monoisotopic (exact) mass is 262 g/mol. The minimum absolute atomic E-state index is 0.223. The third kappa shape index (κ3) is 3.37. The summed E-state index contributed by atoms with van der Waals surface area (Å²) in [5, 5.41) is 10.9. The number of aryl methyl sites for hydroxylation is 3. The van der Waals surface area contributed by atoms with Gasteiger partial charge >= 0.3 is 0 Å². The molecule has 0 saturated carbocycles. The average molecular weight is 262 g/mol. The lowest BCUT2D eigenvalue weighted by Gasteiger charge is -2.42. The highest BCUT2D eigenvalue weighted by atomic mass is 16.5. The molecule has 1 fully saturated rings. The van der Waals surface area contributed by atoms with E-state index in [1.54, 1.807) is 0 Å². The largest absolute Gasteiger partial charge is 0.389 e. The molecule has 1 aromatic rings. The van der Waals surface area contributed by atoms with Crippen molar-refractivity contribution in [2.75, 3.05) is 6.61 Å². The van der Waals surface area contributed by atoms with Gasteiger partial charge in [0.05, 0.1) is 17.8 Å². The summed E-state index contributed by atoms with van der Waals surface area (Å²) >= 11 is 0. The number of hydrogen-bond donors (Lipinski definition) is 1. The quantitative estimate of drug-likeness (QED) is 0.884. The SMILES string of the molecule is Cc1cc(C)c(CC2(O)CCOC(C)(C)C2)c(C)c1. The van der Waals surface area contributed by atoms with E-state index < -0.39 is 5.60 Å². The minimum atomic E-state index is -0.632. The number of rotatable bonds is 2. The van der Waals surface area contributed by atoms with Crippen molar-refractivity contribution in [1.82, 2.24) is 0 Å². The Hall–Kier alpha value is -0.860. The fraction of sp³-hybridized carbons (Fsp3) is 0.647. The first kappa shape index (κ1) is 14.5. The maximum absolute atomic E-state index is 10.9. The van der Waals surface area contributed by atoms with Crippen molar-refractivity contribution in [3.8, 4) is 0 Å². The van der Waals surface area contributed by atoms with Crippen LogP contribution in [0, 0.1) is 20.8 Å². The van der Waals surface area contributed by atoms with E-state index in [2.05, 4.69) is 46.8 Å². The van der Waals surface area contributed by atoms with Crippen molar-refractivity contribution < 1.29 is 9.84 Å². The van der Waals surface area contributed by atoms with Crippen molar-refractivity contribution in [3.63, 3.8) is 0 Å². The van der Waals surface area contributed by atoms with E-state index in [1.165, 1.54) is 22.3 Å². The van der Waals surface area contributed by atoms with Crippen LogP contribution in [0.1, 0.15) is 48.9 Å². The molecule has 1 atom stereocenters. The molecule has 0 spiro atoms. The van der Waals surface area contributed by atoms with Crippen LogP contribution in [0.4, 0.5) is 0 Å². The molecule has 0 radical (unpaired) electrons. The van der Waals surface area contributed by atoms with Crippen LogP contribution < -0.4 is 0 Å². The number of aliphatic hydroxyl groups is 1. The van der Waals surface area contributed by atoms with E-state index >= 15 is 0 Å². The van der Waals surface area contributed by atoms with Gasteiger partial charge in [-0.1, -0.05) is 17.7 Å². The molecule has 1 heterocycles. The van der Waals surface area contributed by atoms with Gasteiger partial charge in [-0.25, -0.2) is 0 Å². The molecule has 1 aliphatic heterocycles. The minimum Gasteiger partial charge on any atom is -0.389 e. The summed E-state index contributed by atoms with van der Waals surface area (Å²) in [6.07, 6.45) is 2.16. The standard InChI is InChI=1S/C17H26O2/c1-12-8-13(2)15(14(3)9-12)10-17(18)6-7-19-16(4,5)11-17/h8-9,18H,6-7,10-11H2,1-5H3. The summed E-state index contributed by atoms with van der Waals surface area (Å²) in [6, 6.07) is 4.41. The highest BCUT2D eigenvalue weighted by molar-refractivity contribution is 5.38. The molecule has 1 aliphatic rings. The zero-order valence-corrected chi connectivity index (χ0v) is 12.8. The van der Waals surface area contributed by atoms with Crippen molar-refractivity contribution in [3.05, 3.63) is 34.4 Å². The maximum Gasteiger partial charge on any atom is 0.0737 e. The Bertz CT molecular complexity index is 453. The van der Waals surface area contributed by atoms with Crippen LogP contribution in [0.2, 0.25) is 0 Å². The van der Waals surface area contributed by atoms with Gasteiger partial charge in [-0.2, -0.15) is 0 Å². The normalized spacial score (nSPS) is 26.4. The molecule has 2 rings (SSSR count). The molecule has 106 valence electrons. The number of hydrogen-bond acceptors (Lipinski definition) is 2. The van der Waals surface area contributed by atoms with Gasteiger partial charge in [0.25, 0.3) is 0 Å². The van der Waals surface area contributed by atoms with Crippen molar-refractivity contribution in [2.24, 2.45) is 0 Å². The lowest BCUT2D eigenvalue weighted by molar-refractivity contribution is -0.143. The summed E-state index contributed by atoms with van der Waals surface area (Å²) in [5.74, 6) is 0. The lowest BCUT2D eigenvalue weighted by atomic mass is 9.78. The molecule has 2 heteroatoms. The molecule has 0 amide bonds. The van der Waals surface area contributed by atoms with Gasteiger partial charge in [0.1, 0.15) is 0 Å². The smallest absolute Gasteiger partial charge is 0.0737 e. The van der Waals surface area contributed by atoms with Gasteiger partial charge in [-0.05, 0) is 57.7 Å². The molecule has 1 unspecified atom stereocenters. The van der Waals surface area contributed by atoms with Crippen molar-refractivity contribution >= 4 is 0 Å². The topological polar surface area (TPSA) is 29.5 Å². The summed E-state index contributed by atoms with van der Waals surface area (Å²) in [5.41, 5.74) is 4.31. The van der Waals surface area contributed by atoms with E-state index in [0.717, 1.165) is 12.8 Å². The first-order valence-electron chi connectivity index (χ1n) is 7.14. The average Bonchev–Trinajstić information content (AvgIpc) is 2.21. The van der Waals surface area contributed by atoms with E-state index in [1.807, 2.05) is 0 Å². The Morgan fingerprint density at radius 2 is 1.74 bits per heavy atom. The third-order valence-corrected chi connectivity index (χ3v) is 4.16. The fourth-order valence-corrected chi connectivity index (χ4v) is 3.42. The predicted octanol–water partition coefficient (Wildman–Crippen LogP) is 3.47. The van der Waals surface area contributed by atoms with E-state index in [4.69, 9.17) is 4.74 Å². The van der Waals surface area contributed by atoms with E-state index in [9.17, 15) is 5.11 Å². The second-order valence-corrected chi connectivity index (χ2v) is 6.81. The van der Waals surface area contributed by atoms with Crippen molar-refractivity contribution in [1.29, 1.82) is 0 Å². The van der Waals surface area contributed by atoms with Gasteiger partial charge in [0.15, 0.2) is 0 Å². The van der Waals surface area contributed by atoms with Crippen LogP contribution in [-0.4, -0.2) is 22.9 Å². The third-order valence-electron chi connectivity index (χ3n) is 4.16. The summed E-state index contributed by atoms with van der Waals surface area (Å²) in [6.45, 7) is 11.2. The molecule has 2 nitrogen and oxygen atoms in total. The Balaban J connectivity index is 2.25. The van der Waals surface area contributed by atoms with Gasteiger partial charge in [0.2, 0.25) is 0 Å². The van der Waals surface area contributed by atoms with Crippen LogP contribution in [0.3, 0.4) is 0 Å². The molecule has 1 N–H and O–H groups in total. The Labute approximate surface area is 116 Å². The van der Waals surface area contributed by atoms with E-state index in [-0.39, 0.29) is 5.60 Å². The lowest BCUT2D eigenvalue weighted by Crippen LogP contribution is -2.47. The van der Waals surface area contributed by atoms with Gasteiger partial charge in [-0.3, -0.25) is 0 Å². The molecule has 19 heavy (non-hydrogen) atoms. The first-order chi connectivity index (χ1) is 8.71. The predicted molar refractivity (Wildman–Crippen MR) is 78.6 cm³/mol. The Morgan fingerprint density at radius 3 is 2.26 bits per heavy atom. The van der Waals surface area contributed by atoms with Crippen LogP contribution in [-0.2, 0) is 11.2 Å². The molecule has 0 bridgehead atoms. The number of benzene rings is 1. The Morgan fingerprint density at radius 1 is 1.16 bits per heavy atom. The highest BCUT2D eigenvalue weighted by Gasteiger charge is 2.39. The highest BCUT2D eigenvalue weighted by Crippen LogP contribution is 2.35. The van der Waals surface area contributed by atoms with Crippen LogP contribution in [0.25, 0.3) is 0 Å². The van der Waals surface area contributed by atoms with Crippen LogP contribution in [0.15, 0.2) is 12.1 Å². The second-order valence-electron chi connectivity index (χ2n) is 6.81. The maximum atomic E-state index is 10.9. The molecule has 0 aromatic heterocycles. The number of ether oxygens (including phenoxy) is 1. The van der Waals surface area contributed by atoms with E-state index in [0.29, 0.717) is 13.0 Å². The molecule has 1 saturated heterocycles. The van der Waals surface area contributed by atoms with Crippen molar-refractivity contribution in [2.45, 2.75) is 65.1 Å². The summed E-state index contributed by atoms with van der Waals surface area (Å²) in [4.78, 5) is 0. The van der Waals surface area contributed by atoms with Crippen LogP contribution >= 0.6 is 0 Å². The Kier molecular flexibility index (Phi) is 3.76. The molecule has 1 aromatic carbocycles. The van der Waals surface area contributed by atoms with Gasteiger partial charge in [0, 0.05) is 12.8 Å². The first-order valence-corrected chi connectivity index (χ1v) is 7.14. The summed E-state index contributed by atoms with van der Waals surface area (Å²) in [7, 11) is 0. The zero-order chi connectivity index (χ0) is 14.3. The van der Waals surface area contributed by atoms with Gasteiger partial charge in [-0.15, -0.1) is 0 Å². The van der Waals surface area contributed by atoms with Crippen LogP contribution in [0.5, 0.6) is 0 Å². The second kappa shape index (κ2) is 4.92. The molecular weight excluding hydrogens is 236 g/mol. The zero-order valence-electron chi connectivity index (χ0n) is 12.8. The molecular formula is C17H26O2.